The van der Waals surface area contributed by atoms with Crippen molar-refractivity contribution in [1.29, 1.82) is 0 Å². The van der Waals surface area contributed by atoms with Crippen LogP contribution < -0.4 is 14.8 Å². The lowest BCUT2D eigenvalue weighted by Gasteiger charge is -2.17. The topological polar surface area (TPSA) is 97.4 Å². The Morgan fingerprint density at radius 3 is 2.59 bits per heavy atom. The van der Waals surface area contributed by atoms with Crippen LogP contribution in [0.2, 0.25) is 0 Å². The van der Waals surface area contributed by atoms with Crippen molar-refractivity contribution in [1.82, 2.24) is 10.3 Å². The average Bonchev–Trinajstić information content (AvgIpc) is 2.66. The Balaban J connectivity index is 2.14. The molecule has 1 amide bonds. The number of carbonyl (C=O) groups excluding carboxylic acids is 1. The first-order chi connectivity index (χ1) is 12.9. The third-order valence-electron chi connectivity index (χ3n) is 4.02. The summed E-state index contributed by atoms with van der Waals surface area (Å²) in [4.78, 5) is 16.8. The largest absolute Gasteiger partial charge is 0.481 e. The molecule has 2 N–H and O–H groups in total. The SMILES string of the molecule is CCCCS(=O)(=O)Nc1ccccc1C(=O)N[C@H](C)c1ccc(OC)nc1. The van der Waals surface area contributed by atoms with Crippen molar-refractivity contribution < 1.29 is 17.9 Å². The minimum atomic E-state index is -3.50. The molecule has 0 unspecified atom stereocenters. The fraction of sp³-hybridized carbons (Fsp3) is 0.368. The van der Waals surface area contributed by atoms with Crippen LogP contribution in [0.3, 0.4) is 0 Å². The van der Waals surface area contributed by atoms with Crippen LogP contribution in [-0.4, -0.2) is 32.2 Å². The van der Waals surface area contributed by atoms with E-state index in [2.05, 4.69) is 15.0 Å². The highest BCUT2D eigenvalue weighted by Crippen LogP contribution is 2.20. The number of aromatic nitrogens is 1. The van der Waals surface area contributed by atoms with Gasteiger partial charge in [-0.3, -0.25) is 9.52 Å². The van der Waals surface area contributed by atoms with Gasteiger partial charge < -0.3 is 10.1 Å². The van der Waals surface area contributed by atoms with Gasteiger partial charge in [-0.1, -0.05) is 31.5 Å². The number of benzene rings is 1. The second-order valence-corrected chi connectivity index (χ2v) is 7.99. The predicted octanol–water partition coefficient (Wildman–Crippen LogP) is 3.12. The Hall–Kier alpha value is -2.61. The Kier molecular flexibility index (Phi) is 7.18. The van der Waals surface area contributed by atoms with Gasteiger partial charge in [0, 0.05) is 12.3 Å². The van der Waals surface area contributed by atoms with Gasteiger partial charge in [-0.05, 0) is 31.0 Å². The number of methoxy groups -OCH3 is 1. The van der Waals surface area contributed by atoms with Crippen molar-refractivity contribution in [2.75, 3.05) is 17.6 Å². The molecule has 2 rings (SSSR count). The highest BCUT2D eigenvalue weighted by Gasteiger charge is 2.18. The third kappa shape index (κ3) is 5.96. The maximum absolute atomic E-state index is 12.7. The van der Waals surface area contributed by atoms with Gasteiger partial charge in [0.05, 0.1) is 30.2 Å². The molecule has 0 saturated carbocycles. The number of unbranched alkanes of at least 4 members (excludes halogenated alkanes) is 1. The van der Waals surface area contributed by atoms with Gasteiger partial charge in [0.1, 0.15) is 0 Å². The molecule has 0 radical (unpaired) electrons. The van der Waals surface area contributed by atoms with E-state index in [0.717, 1.165) is 12.0 Å². The molecule has 146 valence electrons. The molecule has 0 fully saturated rings. The van der Waals surface area contributed by atoms with Crippen molar-refractivity contribution in [3.05, 3.63) is 53.7 Å². The maximum atomic E-state index is 12.7. The molecule has 7 nitrogen and oxygen atoms in total. The molecule has 0 spiro atoms. The van der Waals surface area contributed by atoms with Gasteiger partial charge in [0.2, 0.25) is 15.9 Å². The first-order valence-corrected chi connectivity index (χ1v) is 10.4. The van der Waals surface area contributed by atoms with Crippen molar-refractivity contribution in [2.45, 2.75) is 32.7 Å². The molecule has 0 saturated heterocycles. The van der Waals surface area contributed by atoms with E-state index in [1.54, 1.807) is 36.5 Å². The predicted molar refractivity (Wildman–Crippen MR) is 105 cm³/mol. The number of carbonyl (C=O) groups is 1. The molecule has 0 aliphatic rings. The molecule has 0 aliphatic carbocycles. The summed E-state index contributed by atoms with van der Waals surface area (Å²) in [5.74, 6) is 0.143. The van der Waals surface area contributed by atoms with Crippen molar-refractivity contribution >= 4 is 21.6 Å². The summed E-state index contributed by atoms with van der Waals surface area (Å²) in [7, 11) is -1.96. The Bertz CT molecular complexity index is 867. The van der Waals surface area contributed by atoms with Crippen molar-refractivity contribution in [3.63, 3.8) is 0 Å². The zero-order valence-electron chi connectivity index (χ0n) is 15.7. The number of para-hydroxylation sites is 1. The van der Waals surface area contributed by atoms with E-state index in [4.69, 9.17) is 4.74 Å². The zero-order valence-corrected chi connectivity index (χ0v) is 16.5. The lowest BCUT2D eigenvalue weighted by Crippen LogP contribution is -2.28. The molecule has 1 atom stereocenters. The molecule has 1 heterocycles. The van der Waals surface area contributed by atoms with E-state index in [1.807, 2.05) is 19.9 Å². The lowest BCUT2D eigenvalue weighted by molar-refractivity contribution is 0.0940. The number of ether oxygens (including phenoxy) is 1. The minimum absolute atomic E-state index is 0.0212. The standard InChI is InChI=1S/C19H25N3O4S/c1-4-5-12-27(24,25)22-17-9-7-6-8-16(17)19(23)21-14(2)15-10-11-18(26-3)20-13-15/h6-11,13-14,22H,4-5,12H2,1-3H3,(H,21,23)/t14-/m1/s1. The smallest absolute Gasteiger partial charge is 0.253 e. The number of sulfonamides is 1. The minimum Gasteiger partial charge on any atom is -0.481 e. The molecule has 8 heteroatoms. The molecule has 2 aromatic rings. The maximum Gasteiger partial charge on any atom is 0.253 e. The van der Waals surface area contributed by atoms with Gasteiger partial charge in [-0.15, -0.1) is 0 Å². The normalized spacial score (nSPS) is 12.3. The van der Waals surface area contributed by atoms with Crippen LogP contribution in [0.1, 0.15) is 48.7 Å². The molecule has 0 aliphatic heterocycles. The quantitative estimate of drug-likeness (QED) is 0.684. The number of hydrogen-bond donors (Lipinski definition) is 2. The summed E-state index contributed by atoms with van der Waals surface area (Å²) in [6.45, 7) is 3.75. The zero-order chi connectivity index (χ0) is 19.9. The van der Waals surface area contributed by atoms with Crippen molar-refractivity contribution in [2.24, 2.45) is 0 Å². The van der Waals surface area contributed by atoms with Gasteiger partial charge in [-0.25, -0.2) is 13.4 Å². The average molecular weight is 391 g/mol. The number of nitrogens with one attached hydrogen (secondary N) is 2. The van der Waals surface area contributed by atoms with Crippen LogP contribution in [0.5, 0.6) is 5.88 Å². The van der Waals surface area contributed by atoms with Gasteiger partial charge in [0.25, 0.3) is 5.91 Å². The van der Waals surface area contributed by atoms with Crippen LogP contribution in [0.4, 0.5) is 5.69 Å². The van der Waals surface area contributed by atoms with E-state index >= 15 is 0 Å². The third-order valence-corrected chi connectivity index (χ3v) is 5.38. The summed E-state index contributed by atoms with van der Waals surface area (Å²) in [6, 6.07) is 9.78. The molecule has 0 bridgehead atoms. The molecular formula is C19H25N3O4S. The highest BCUT2D eigenvalue weighted by molar-refractivity contribution is 7.92. The molecule has 1 aromatic carbocycles. The molecular weight excluding hydrogens is 366 g/mol. The Morgan fingerprint density at radius 1 is 1.22 bits per heavy atom. The molecule has 27 heavy (non-hydrogen) atoms. The Morgan fingerprint density at radius 2 is 1.96 bits per heavy atom. The van der Waals surface area contributed by atoms with E-state index in [-0.39, 0.29) is 29.0 Å². The highest BCUT2D eigenvalue weighted by atomic mass is 32.2. The summed E-state index contributed by atoms with van der Waals surface area (Å²) >= 11 is 0. The van der Waals surface area contributed by atoms with Gasteiger partial charge in [0.15, 0.2) is 0 Å². The number of pyridine rings is 1. The van der Waals surface area contributed by atoms with E-state index < -0.39 is 10.0 Å². The Labute approximate surface area is 160 Å². The van der Waals surface area contributed by atoms with E-state index in [1.165, 1.54) is 7.11 Å². The summed E-state index contributed by atoms with van der Waals surface area (Å²) in [5.41, 5.74) is 1.35. The number of rotatable bonds is 9. The number of amides is 1. The van der Waals surface area contributed by atoms with Gasteiger partial charge in [-0.2, -0.15) is 0 Å². The van der Waals surface area contributed by atoms with Crippen LogP contribution in [-0.2, 0) is 10.0 Å². The van der Waals surface area contributed by atoms with E-state index in [0.29, 0.717) is 12.3 Å². The summed E-state index contributed by atoms with van der Waals surface area (Å²) in [5, 5.41) is 2.86. The van der Waals surface area contributed by atoms with Crippen LogP contribution in [0.15, 0.2) is 42.6 Å². The lowest BCUT2D eigenvalue weighted by atomic mass is 10.1. The number of nitrogens with zero attached hydrogens (tertiary/aromatic N) is 1. The van der Waals surface area contributed by atoms with Crippen LogP contribution in [0.25, 0.3) is 0 Å². The molecule has 1 aromatic heterocycles. The van der Waals surface area contributed by atoms with E-state index in [9.17, 15) is 13.2 Å². The summed E-state index contributed by atoms with van der Waals surface area (Å²) in [6.07, 6.45) is 2.96. The number of anilines is 1. The van der Waals surface area contributed by atoms with Gasteiger partial charge >= 0.3 is 0 Å². The number of hydrogen-bond acceptors (Lipinski definition) is 5. The van der Waals surface area contributed by atoms with Crippen LogP contribution in [0, 0.1) is 0 Å². The fourth-order valence-electron chi connectivity index (χ4n) is 2.45. The van der Waals surface area contributed by atoms with Crippen LogP contribution >= 0.6 is 0 Å². The monoisotopic (exact) mass is 391 g/mol. The first-order valence-electron chi connectivity index (χ1n) is 8.76. The summed E-state index contributed by atoms with van der Waals surface area (Å²) < 4.78 is 31.9. The fourth-order valence-corrected chi connectivity index (χ4v) is 3.73. The second-order valence-electron chi connectivity index (χ2n) is 6.15. The van der Waals surface area contributed by atoms with Crippen molar-refractivity contribution in [3.8, 4) is 5.88 Å². The first kappa shape index (κ1) is 20.7. The second kappa shape index (κ2) is 9.36.